The van der Waals surface area contributed by atoms with Crippen LogP contribution in [0.1, 0.15) is 15.9 Å². The highest BCUT2D eigenvalue weighted by Crippen LogP contribution is 2.13. The van der Waals surface area contributed by atoms with Gasteiger partial charge in [0.2, 0.25) is 0 Å². The molecule has 2 rings (SSSR count). The van der Waals surface area contributed by atoms with Crippen molar-refractivity contribution in [1.82, 2.24) is 10.3 Å². The van der Waals surface area contributed by atoms with Gasteiger partial charge >= 0.3 is 5.82 Å². The number of rotatable bonds is 4. The molecule has 0 aliphatic carbocycles. The molecular formula is C13H11N3O3. The number of pyridine rings is 1. The number of nitrogens with zero attached hydrogens (tertiary/aromatic N) is 2. The number of carbonyl (C=O) groups is 1. The van der Waals surface area contributed by atoms with Gasteiger partial charge in [-0.25, -0.2) is 0 Å². The first-order chi connectivity index (χ1) is 9.18. The van der Waals surface area contributed by atoms with E-state index in [0.29, 0.717) is 6.54 Å². The van der Waals surface area contributed by atoms with Crippen molar-refractivity contribution < 1.29 is 9.72 Å². The van der Waals surface area contributed by atoms with Gasteiger partial charge in [0.15, 0.2) is 0 Å². The molecule has 0 saturated heterocycles. The molecule has 0 bridgehead atoms. The first-order valence-corrected chi connectivity index (χ1v) is 5.60. The predicted octanol–water partition coefficient (Wildman–Crippen LogP) is 1.92. The topological polar surface area (TPSA) is 85.1 Å². The van der Waals surface area contributed by atoms with Crippen LogP contribution >= 0.6 is 0 Å². The Bertz CT molecular complexity index is 599. The molecule has 0 fully saturated rings. The van der Waals surface area contributed by atoms with Gasteiger partial charge < -0.3 is 15.4 Å². The molecule has 6 nitrogen and oxygen atoms in total. The van der Waals surface area contributed by atoms with Crippen molar-refractivity contribution in [2.24, 2.45) is 0 Å². The van der Waals surface area contributed by atoms with E-state index in [2.05, 4.69) is 10.3 Å². The summed E-state index contributed by atoms with van der Waals surface area (Å²) in [5, 5.41) is 13.4. The lowest BCUT2D eigenvalue weighted by Gasteiger charge is -2.05. The van der Waals surface area contributed by atoms with Crippen molar-refractivity contribution in [2.75, 3.05) is 0 Å². The molecule has 19 heavy (non-hydrogen) atoms. The molecule has 96 valence electrons. The summed E-state index contributed by atoms with van der Waals surface area (Å²) in [7, 11) is 0. The first kappa shape index (κ1) is 12.7. The minimum atomic E-state index is -0.669. The largest absolute Gasteiger partial charge is 0.376 e. The molecule has 0 spiro atoms. The smallest absolute Gasteiger partial charge is 0.358 e. The van der Waals surface area contributed by atoms with Crippen molar-refractivity contribution in [3.05, 3.63) is 69.9 Å². The van der Waals surface area contributed by atoms with E-state index in [1.807, 2.05) is 30.3 Å². The number of amides is 1. The summed E-state index contributed by atoms with van der Waals surface area (Å²) in [5.74, 6) is -0.947. The van der Waals surface area contributed by atoms with Crippen LogP contribution in [0, 0.1) is 10.1 Å². The van der Waals surface area contributed by atoms with Crippen molar-refractivity contribution in [3.63, 3.8) is 0 Å². The van der Waals surface area contributed by atoms with Crippen molar-refractivity contribution in [2.45, 2.75) is 6.54 Å². The van der Waals surface area contributed by atoms with Crippen LogP contribution in [0.15, 0.2) is 48.7 Å². The zero-order chi connectivity index (χ0) is 13.7. The Morgan fingerprint density at radius 1 is 1.21 bits per heavy atom. The normalized spacial score (nSPS) is 9.89. The molecule has 1 aromatic carbocycles. The van der Waals surface area contributed by atoms with Crippen LogP contribution in [0.3, 0.4) is 0 Å². The van der Waals surface area contributed by atoms with E-state index < -0.39 is 16.6 Å². The van der Waals surface area contributed by atoms with Gasteiger partial charge in [0.25, 0.3) is 5.91 Å². The van der Waals surface area contributed by atoms with Crippen molar-refractivity contribution >= 4 is 11.7 Å². The summed E-state index contributed by atoms with van der Waals surface area (Å²) in [6.07, 6.45) is 1.28. The average molecular weight is 257 g/mol. The third-order valence-corrected chi connectivity index (χ3v) is 2.50. The second-order valence-electron chi connectivity index (χ2n) is 3.80. The van der Waals surface area contributed by atoms with E-state index in [-0.39, 0.29) is 5.56 Å². The molecule has 0 radical (unpaired) electrons. The van der Waals surface area contributed by atoms with E-state index in [1.54, 1.807) is 0 Å². The molecule has 0 unspecified atom stereocenters. The summed E-state index contributed by atoms with van der Waals surface area (Å²) in [4.78, 5) is 25.6. The van der Waals surface area contributed by atoms with Crippen molar-refractivity contribution in [3.8, 4) is 0 Å². The molecule has 6 heteroatoms. The Morgan fingerprint density at radius 2 is 1.95 bits per heavy atom. The van der Waals surface area contributed by atoms with Gasteiger partial charge in [-0.3, -0.25) is 4.79 Å². The maximum absolute atomic E-state index is 11.9. The Morgan fingerprint density at radius 3 is 2.63 bits per heavy atom. The quantitative estimate of drug-likeness (QED) is 0.669. The maximum atomic E-state index is 11.9. The van der Waals surface area contributed by atoms with E-state index in [9.17, 15) is 14.9 Å². The highest BCUT2D eigenvalue weighted by Gasteiger charge is 2.20. The summed E-state index contributed by atoms with van der Waals surface area (Å²) in [6, 6.07) is 12.2. The number of hydrogen-bond acceptors (Lipinski definition) is 4. The minimum absolute atomic E-state index is 0.0385. The number of benzene rings is 1. The first-order valence-electron chi connectivity index (χ1n) is 5.60. The van der Waals surface area contributed by atoms with Crippen LogP contribution in [-0.4, -0.2) is 15.8 Å². The van der Waals surface area contributed by atoms with Gasteiger partial charge in [0.05, 0.1) is 0 Å². The SMILES string of the molecule is O=C(NCc1ccccc1)c1cccnc1[N+](=O)[O-]. The number of nitro groups is 1. The molecule has 0 saturated carbocycles. The van der Waals surface area contributed by atoms with Crippen LogP contribution < -0.4 is 5.32 Å². The summed E-state index contributed by atoms with van der Waals surface area (Å²) >= 11 is 0. The Hall–Kier alpha value is -2.76. The van der Waals surface area contributed by atoms with Crippen LogP contribution in [-0.2, 0) is 6.54 Å². The summed E-state index contributed by atoms with van der Waals surface area (Å²) in [6.45, 7) is 0.311. The summed E-state index contributed by atoms with van der Waals surface area (Å²) in [5.41, 5.74) is 0.880. The van der Waals surface area contributed by atoms with Gasteiger partial charge in [-0.2, -0.15) is 0 Å². The second-order valence-corrected chi connectivity index (χ2v) is 3.80. The molecule has 2 aromatic rings. The fourth-order valence-corrected chi connectivity index (χ4v) is 1.59. The highest BCUT2D eigenvalue weighted by molar-refractivity contribution is 5.97. The average Bonchev–Trinajstić information content (AvgIpc) is 2.46. The van der Waals surface area contributed by atoms with Gasteiger partial charge in [-0.05, 0) is 27.6 Å². The monoisotopic (exact) mass is 257 g/mol. The minimum Gasteiger partial charge on any atom is -0.358 e. The Kier molecular flexibility index (Phi) is 3.82. The molecule has 1 heterocycles. The number of hydrogen-bond donors (Lipinski definition) is 1. The third-order valence-electron chi connectivity index (χ3n) is 2.50. The number of nitrogens with one attached hydrogen (secondary N) is 1. The summed E-state index contributed by atoms with van der Waals surface area (Å²) < 4.78 is 0. The Labute approximate surface area is 109 Å². The lowest BCUT2D eigenvalue weighted by atomic mass is 10.2. The van der Waals surface area contributed by atoms with Gasteiger partial charge in [-0.1, -0.05) is 30.3 Å². The second kappa shape index (κ2) is 5.72. The third kappa shape index (κ3) is 3.12. The number of aromatic nitrogens is 1. The van der Waals surface area contributed by atoms with E-state index >= 15 is 0 Å². The zero-order valence-electron chi connectivity index (χ0n) is 9.95. The Balaban J connectivity index is 2.10. The molecule has 0 aliphatic rings. The lowest BCUT2D eigenvalue weighted by Crippen LogP contribution is -2.23. The van der Waals surface area contributed by atoms with E-state index in [1.165, 1.54) is 18.3 Å². The van der Waals surface area contributed by atoms with E-state index in [4.69, 9.17) is 0 Å². The molecule has 1 aromatic heterocycles. The standard InChI is InChI=1S/C13H11N3O3/c17-13(15-9-10-5-2-1-3-6-10)11-7-4-8-14-12(11)16(18)19/h1-8H,9H2,(H,15,17). The number of carbonyl (C=O) groups excluding carboxylic acids is 1. The highest BCUT2D eigenvalue weighted by atomic mass is 16.6. The van der Waals surface area contributed by atoms with Crippen LogP contribution in [0.5, 0.6) is 0 Å². The molecule has 0 atom stereocenters. The van der Waals surface area contributed by atoms with Crippen LogP contribution in [0.4, 0.5) is 5.82 Å². The lowest BCUT2D eigenvalue weighted by molar-refractivity contribution is -0.389. The predicted molar refractivity (Wildman–Crippen MR) is 68.5 cm³/mol. The molecule has 0 aliphatic heterocycles. The maximum Gasteiger partial charge on any atom is 0.376 e. The van der Waals surface area contributed by atoms with Crippen LogP contribution in [0.2, 0.25) is 0 Å². The van der Waals surface area contributed by atoms with E-state index in [0.717, 1.165) is 5.56 Å². The molecular weight excluding hydrogens is 246 g/mol. The van der Waals surface area contributed by atoms with Crippen LogP contribution in [0.25, 0.3) is 0 Å². The van der Waals surface area contributed by atoms with Gasteiger partial charge in [0, 0.05) is 6.54 Å². The fourth-order valence-electron chi connectivity index (χ4n) is 1.59. The van der Waals surface area contributed by atoms with Gasteiger partial charge in [0.1, 0.15) is 11.8 Å². The fraction of sp³-hybridized carbons (Fsp3) is 0.0769. The zero-order valence-corrected chi connectivity index (χ0v) is 9.95. The molecule has 1 amide bonds. The molecule has 1 N–H and O–H groups in total. The van der Waals surface area contributed by atoms with Crippen molar-refractivity contribution in [1.29, 1.82) is 0 Å². The van der Waals surface area contributed by atoms with Gasteiger partial charge in [-0.15, -0.1) is 0 Å².